The highest BCUT2D eigenvalue weighted by Crippen LogP contribution is 2.45. The van der Waals surface area contributed by atoms with Gasteiger partial charge < -0.3 is 10.0 Å². The number of rotatable bonds is 13. The van der Waals surface area contributed by atoms with Gasteiger partial charge in [0.1, 0.15) is 5.78 Å². The van der Waals surface area contributed by atoms with Gasteiger partial charge in [0.2, 0.25) is 0 Å². The van der Waals surface area contributed by atoms with Gasteiger partial charge in [-0.05, 0) is 32.8 Å². The summed E-state index contributed by atoms with van der Waals surface area (Å²) in [7, 11) is 0. The number of aryl methyl sites for hydroxylation is 2. The maximum absolute atomic E-state index is 13.1. The van der Waals surface area contributed by atoms with Crippen LogP contribution in [0.15, 0.2) is 12.1 Å². The molecule has 2 rings (SSSR count). The van der Waals surface area contributed by atoms with Crippen LogP contribution in [0.2, 0.25) is 0 Å². The van der Waals surface area contributed by atoms with E-state index in [0.29, 0.717) is 12.1 Å². The van der Waals surface area contributed by atoms with E-state index in [-0.39, 0.29) is 18.1 Å². The summed E-state index contributed by atoms with van der Waals surface area (Å²) in [6, 6.07) is 3.90. The lowest BCUT2D eigenvalue weighted by Gasteiger charge is -2.22. The zero-order chi connectivity index (χ0) is 21.4. The van der Waals surface area contributed by atoms with Crippen molar-refractivity contribution in [2.45, 2.75) is 104 Å². The van der Waals surface area contributed by atoms with Crippen molar-refractivity contribution in [2.24, 2.45) is 0 Å². The van der Waals surface area contributed by atoms with E-state index in [9.17, 15) is 14.7 Å². The van der Waals surface area contributed by atoms with Crippen LogP contribution in [0.5, 0.6) is 0 Å². The van der Waals surface area contributed by atoms with E-state index in [1.165, 1.54) is 58.3 Å². The molecule has 4 nitrogen and oxygen atoms in total. The molecule has 1 aromatic rings. The first-order chi connectivity index (χ1) is 13.8. The van der Waals surface area contributed by atoms with Crippen LogP contribution >= 0.6 is 0 Å². The molecule has 0 aromatic heterocycles. The zero-order valence-corrected chi connectivity index (χ0v) is 18.9. The van der Waals surface area contributed by atoms with Gasteiger partial charge >= 0.3 is 0 Å². The molecular weight excluding hydrogens is 362 g/mol. The highest BCUT2D eigenvalue weighted by Gasteiger charge is 2.50. The summed E-state index contributed by atoms with van der Waals surface area (Å²) in [4.78, 5) is 26.6. The number of nitrogens with zero attached hydrogens (tertiary/aromatic N) is 1. The molecule has 0 fully saturated rings. The predicted octanol–water partition coefficient (Wildman–Crippen LogP) is 5.74. The summed E-state index contributed by atoms with van der Waals surface area (Å²) < 4.78 is 0. The molecule has 1 aromatic carbocycles. The van der Waals surface area contributed by atoms with Gasteiger partial charge in [0.25, 0.3) is 5.91 Å². The van der Waals surface area contributed by atoms with Gasteiger partial charge in [-0.1, -0.05) is 82.4 Å². The van der Waals surface area contributed by atoms with Crippen LogP contribution < -0.4 is 4.90 Å². The first kappa shape index (κ1) is 23.6. The SMILES string of the molecule is CCCCCCCCCCCCN1C(=O)C(O)(CC(C)=O)c2cc(C)cc(C)c21. The minimum atomic E-state index is -1.71. The minimum Gasteiger partial charge on any atom is -0.375 e. The Morgan fingerprint density at radius 2 is 1.52 bits per heavy atom. The lowest BCUT2D eigenvalue weighted by Crippen LogP contribution is -2.42. The van der Waals surface area contributed by atoms with Crippen molar-refractivity contribution < 1.29 is 14.7 Å². The van der Waals surface area contributed by atoms with Gasteiger partial charge in [0, 0.05) is 18.5 Å². The number of ketones is 1. The number of Topliss-reactive ketones (excluding diaryl/α,β-unsaturated/α-hetero) is 1. The average molecular weight is 402 g/mol. The third-order valence-corrected chi connectivity index (χ3v) is 6.00. The van der Waals surface area contributed by atoms with Crippen molar-refractivity contribution >= 4 is 17.4 Å². The van der Waals surface area contributed by atoms with E-state index in [2.05, 4.69) is 6.92 Å². The van der Waals surface area contributed by atoms with Gasteiger partial charge in [0.05, 0.1) is 5.69 Å². The number of carbonyl (C=O) groups is 2. The quantitative estimate of drug-likeness (QED) is 0.429. The van der Waals surface area contributed by atoms with E-state index in [0.717, 1.165) is 29.7 Å². The van der Waals surface area contributed by atoms with E-state index in [1.54, 1.807) is 4.90 Å². The van der Waals surface area contributed by atoms with Crippen molar-refractivity contribution in [3.05, 3.63) is 28.8 Å². The van der Waals surface area contributed by atoms with Crippen LogP contribution in [0.4, 0.5) is 5.69 Å². The Morgan fingerprint density at radius 3 is 2.07 bits per heavy atom. The molecule has 1 aliphatic heterocycles. The molecule has 1 aliphatic rings. The summed E-state index contributed by atoms with van der Waals surface area (Å²) in [5.41, 5.74) is 1.68. The molecule has 1 N–H and O–H groups in total. The Morgan fingerprint density at radius 1 is 0.966 bits per heavy atom. The average Bonchev–Trinajstić information content (AvgIpc) is 2.84. The molecule has 1 heterocycles. The van der Waals surface area contributed by atoms with Crippen LogP contribution in [0.3, 0.4) is 0 Å². The van der Waals surface area contributed by atoms with Crippen LogP contribution in [-0.4, -0.2) is 23.3 Å². The Hall–Kier alpha value is -1.68. The van der Waals surface area contributed by atoms with Crippen molar-refractivity contribution in [3.63, 3.8) is 0 Å². The fourth-order valence-corrected chi connectivity index (χ4v) is 4.58. The number of carbonyl (C=O) groups excluding carboxylic acids is 2. The second-order valence-corrected chi connectivity index (χ2v) is 8.86. The van der Waals surface area contributed by atoms with Gasteiger partial charge in [0.15, 0.2) is 5.60 Å². The summed E-state index contributed by atoms with van der Waals surface area (Å²) in [6.45, 7) is 8.21. The predicted molar refractivity (Wildman–Crippen MR) is 119 cm³/mol. The molecule has 0 saturated carbocycles. The third-order valence-electron chi connectivity index (χ3n) is 6.00. The normalized spacial score (nSPS) is 18.4. The standard InChI is InChI=1S/C25H39NO3/c1-5-6-7-8-9-10-11-12-13-14-15-26-23-20(3)16-19(2)17-22(23)25(29,24(26)28)18-21(4)27/h16-17,29H,5-15,18H2,1-4H3. The topological polar surface area (TPSA) is 57.6 Å². The largest absolute Gasteiger partial charge is 0.375 e. The van der Waals surface area contributed by atoms with Crippen molar-refractivity contribution in [1.29, 1.82) is 0 Å². The third kappa shape index (κ3) is 5.91. The Bertz CT molecular complexity index is 712. The van der Waals surface area contributed by atoms with Crippen LogP contribution in [0.1, 0.15) is 101 Å². The van der Waals surface area contributed by atoms with Crippen LogP contribution in [0.25, 0.3) is 0 Å². The highest BCUT2D eigenvalue weighted by atomic mass is 16.3. The van der Waals surface area contributed by atoms with Crippen molar-refractivity contribution in [1.82, 2.24) is 0 Å². The molecular formula is C25H39NO3. The summed E-state index contributed by atoms with van der Waals surface area (Å²) in [5.74, 6) is -0.515. The number of benzene rings is 1. The number of hydrogen-bond donors (Lipinski definition) is 1. The van der Waals surface area contributed by atoms with Gasteiger partial charge in [-0.2, -0.15) is 0 Å². The van der Waals surface area contributed by atoms with Crippen molar-refractivity contribution in [2.75, 3.05) is 11.4 Å². The molecule has 0 bridgehead atoms. The molecule has 0 radical (unpaired) electrons. The Balaban J connectivity index is 1.91. The first-order valence-electron chi connectivity index (χ1n) is 11.5. The maximum Gasteiger partial charge on any atom is 0.264 e. The lowest BCUT2D eigenvalue weighted by atomic mass is 9.88. The number of hydrogen-bond acceptors (Lipinski definition) is 3. The number of unbranched alkanes of at least 4 members (excludes halogenated alkanes) is 9. The Kier molecular flexibility index (Phi) is 8.88. The number of amides is 1. The summed E-state index contributed by atoms with van der Waals surface area (Å²) >= 11 is 0. The number of fused-ring (bicyclic) bond motifs is 1. The van der Waals surface area contributed by atoms with Gasteiger partial charge in [-0.15, -0.1) is 0 Å². The smallest absolute Gasteiger partial charge is 0.264 e. The highest BCUT2D eigenvalue weighted by molar-refractivity contribution is 6.09. The van der Waals surface area contributed by atoms with E-state index in [1.807, 2.05) is 26.0 Å². The lowest BCUT2D eigenvalue weighted by molar-refractivity contribution is -0.141. The molecule has 1 unspecified atom stereocenters. The first-order valence-corrected chi connectivity index (χ1v) is 11.5. The summed E-state index contributed by atoms with van der Waals surface area (Å²) in [5, 5.41) is 11.2. The molecule has 0 spiro atoms. The van der Waals surface area contributed by atoms with E-state index >= 15 is 0 Å². The molecule has 1 amide bonds. The summed E-state index contributed by atoms with van der Waals surface area (Å²) in [6.07, 6.45) is 12.3. The van der Waals surface area contributed by atoms with Gasteiger partial charge in [-0.25, -0.2) is 0 Å². The van der Waals surface area contributed by atoms with Crippen LogP contribution in [-0.2, 0) is 15.2 Å². The van der Waals surface area contributed by atoms with Crippen LogP contribution in [0, 0.1) is 13.8 Å². The Labute approximate surface area is 176 Å². The molecule has 29 heavy (non-hydrogen) atoms. The van der Waals surface area contributed by atoms with Gasteiger partial charge in [-0.3, -0.25) is 9.59 Å². The molecule has 162 valence electrons. The molecule has 4 heteroatoms. The maximum atomic E-state index is 13.1. The monoisotopic (exact) mass is 401 g/mol. The molecule has 1 atom stereocenters. The molecule has 0 saturated heterocycles. The minimum absolute atomic E-state index is 0.156. The van der Waals surface area contributed by atoms with E-state index in [4.69, 9.17) is 0 Å². The second-order valence-electron chi connectivity index (χ2n) is 8.86. The van der Waals surface area contributed by atoms with Crippen molar-refractivity contribution in [3.8, 4) is 0 Å². The number of anilines is 1. The number of aliphatic hydroxyl groups is 1. The zero-order valence-electron chi connectivity index (χ0n) is 18.9. The second kappa shape index (κ2) is 10.9. The fourth-order valence-electron chi connectivity index (χ4n) is 4.58. The molecule has 0 aliphatic carbocycles. The fraction of sp³-hybridized carbons (Fsp3) is 0.680. The van der Waals surface area contributed by atoms with E-state index < -0.39 is 5.60 Å².